The molecule has 2 heterocycles. The van der Waals surface area contributed by atoms with Crippen molar-refractivity contribution in [3.63, 3.8) is 0 Å². The van der Waals surface area contributed by atoms with Crippen LogP contribution in [0.5, 0.6) is 0 Å². The van der Waals surface area contributed by atoms with Crippen LogP contribution in [0.2, 0.25) is 0 Å². The summed E-state index contributed by atoms with van der Waals surface area (Å²) in [4.78, 5) is 15.9. The molecule has 1 aromatic heterocycles. The van der Waals surface area contributed by atoms with Gasteiger partial charge in [0.15, 0.2) is 5.70 Å². The second kappa shape index (κ2) is 5.02. The topological polar surface area (TPSA) is 64.4 Å². The molecule has 1 aliphatic rings. The van der Waals surface area contributed by atoms with E-state index in [2.05, 4.69) is 30.5 Å². The molecule has 7 heteroatoms. The maximum atomic E-state index is 11.7. The Labute approximate surface area is 120 Å². The maximum Gasteiger partial charge on any atom is 0.363 e. The fourth-order valence-corrected chi connectivity index (χ4v) is 2.34. The van der Waals surface area contributed by atoms with Crippen molar-refractivity contribution in [2.24, 2.45) is 4.99 Å². The molecule has 19 heavy (non-hydrogen) atoms. The predicted octanol–water partition coefficient (Wildman–Crippen LogP) is 2.65. The van der Waals surface area contributed by atoms with E-state index in [0.29, 0.717) is 11.6 Å². The van der Waals surface area contributed by atoms with Gasteiger partial charge in [0.2, 0.25) is 5.90 Å². The van der Waals surface area contributed by atoms with Gasteiger partial charge < -0.3 is 4.74 Å². The van der Waals surface area contributed by atoms with Gasteiger partial charge in [-0.15, -0.1) is 5.10 Å². The zero-order valence-electron chi connectivity index (χ0n) is 9.41. The Kier molecular flexibility index (Phi) is 3.22. The molecule has 94 valence electrons. The van der Waals surface area contributed by atoms with Gasteiger partial charge in [0.25, 0.3) is 0 Å². The number of hydrogen-bond donors (Lipinski definition) is 0. The molecule has 0 fully saturated rings. The highest BCUT2D eigenvalue weighted by atomic mass is 79.9. The highest BCUT2D eigenvalue weighted by Crippen LogP contribution is 2.20. The summed E-state index contributed by atoms with van der Waals surface area (Å²) in [5, 5.41) is 5.56. The Hall–Kier alpha value is -1.86. The summed E-state index contributed by atoms with van der Waals surface area (Å²) < 4.78 is 9.75. The first kappa shape index (κ1) is 12.2. The molecule has 0 unspecified atom stereocenters. The van der Waals surface area contributed by atoms with E-state index in [1.54, 1.807) is 11.5 Å². The largest absolute Gasteiger partial charge is 0.402 e. The van der Waals surface area contributed by atoms with Crippen LogP contribution in [0.15, 0.2) is 44.8 Å². The van der Waals surface area contributed by atoms with E-state index in [-0.39, 0.29) is 5.70 Å². The average molecular weight is 336 g/mol. The molecular formula is C12H6BrN3O2S. The fourth-order valence-electron chi connectivity index (χ4n) is 1.53. The Morgan fingerprint density at radius 3 is 3.00 bits per heavy atom. The monoisotopic (exact) mass is 335 g/mol. The van der Waals surface area contributed by atoms with Crippen LogP contribution in [0.3, 0.4) is 0 Å². The lowest BCUT2D eigenvalue weighted by Crippen LogP contribution is -2.05. The Balaban J connectivity index is 1.95. The number of ether oxygens (including phenoxy) is 1. The molecule has 0 spiro atoms. The zero-order valence-corrected chi connectivity index (χ0v) is 11.8. The number of halogens is 1. The quantitative estimate of drug-likeness (QED) is 0.625. The molecule has 3 rings (SSSR count). The maximum absolute atomic E-state index is 11.7. The van der Waals surface area contributed by atoms with E-state index in [9.17, 15) is 4.79 Å². The van der Waals surface area contributed by atoms with Gasteiger partial charge in [0, 0.05) is 15.4 Å². The van der Waals surface area contributed by atoms with Crippen molar-refractivity contribution in [3.8, 4) is 0 Å². The number of aromatic nitrogens is 2. The summed E-state index contributed by atoms with van der Waals surface area (Å²) in [7, 11) is 0. The number of carbonyl (C=O) groups excluding carboxylic acids is 1. The number of cyclic esters (lactones) is 1. The van der Waals surface area contributed by atoms with Gasteiger partial charge in [-0.05, 0) is 35.8 Å². The second-order valence-electron chi connectivity index (χ2n) is 3.68. The van der Waals surface area contributed by atoms with Crippen LogP contribution >= 0.6 is 27.5 Å². The smallest absolute Gasteiger partial charge is 0.363 e. The zero-order chi connectivity index (χ0) is 13.2. The first-order chi connectivity index (χ1) is 9.22. The molecule has 0 saturated carbocycles. The Morgan fingerprint density at radius 1 is 1.37 bits per heavy atom. The summed E-state index contributed by atoms with van der Waals surface area (Å²) in [6.07, 6.45) is 1.55. The number of rotatable bonds is 2. The lowest BCUT2D eigenvalue weighted by atomic mass is 10.2. The van der Waals surface area contributed by atoms with Crippen molar-refractivity contribution in [2.45, 2.75) is 0 Å². The van der Waals surface area contributed by atoms with Crippen molar-refractivity contribution < 1.29 is 9.53 Å². The summed E-state index contributed by atoms with van der Waals surface area (Å²) in [5.41, 5.74) is 1.56. The molecule has 0 aliphatic carbocycles. The van der Waals surface area contributed by atoms with Gasteiger partial charge >= 0.3 is 5.97 Å². The minimum absolute atomic E-state index is 0.225. The van der Waals surface area contributed by atoms with Crippen LogP contribution in [-0.4, -0.2) is 21.5 Å². The van der Waals surface area contributed by atoms with Gasteiger partial charge in [0.05, 0.1) is 0 Å². The van der Waals surface area contributed by atoms with E-state index >= 15 is 0 Å². The molecule has 0 radical (unpaired) electrons. The van der Waals surface area contributed by atoms with Crippen LogP contribution in [-0.2, 0) is 9.53 Å². The molecule has 0 bridgehead atoms. The Morgan fingerprint density at radius 2 is 2.26 bits per heavy atom. The van der Waals surface area contributed by atoms with E-state index in [0.717, 1.165) is 10.0 Å². The normalized spacial score (nSPS) is 16.6. The molecule has 0 N–H and O–H groups in total. The first-order valence-electron chi connectivity index (χ1n) is 5.28. The van der Waals surface area contributed by atoms with Crippen LogP contribution < -0.4 is 0 Å². The van der Waals surface area contributed by atoms with Gasteiger partial charge in [-0.2, -0.15) is 0 Å². The number of esters is 1. The minimum Gasteiger partial charge on any atom is -0.402 e. The lowest BCUT2D eigenvalue weighted by molar-refractivity contribution is -0.129. The summed E-state index contributed by atoms with van der Waals surface area (Å²) in [5.74, 6) is -0.191. The number of nitrogens with zero attached hydrogens (tertiary/aromatic N) is 3. The second-order valence-corrected chi connectivity index (χ2v) is 5.20. The van der Waals surface area contributed by atoms with E-state index in [4.69, 9.17) is 4.74 Å². The number of carbonyl (C=O) groups is 1. The van der Waals surface area contributed by atoms with Crippen molar-refractivity contribution >= 4 is 45.4 Å². The van der Waals surface area contributed by atoms with Gasteiger partial charge in [0.1, 0.15) is 5.69 Å². The molecule has 0 saturated heterocycles. The third-order valence-corrected chi connectivity index (χ3v) is 3.37. The fraction of sp³-hybridized carbons (Fsp3) is 0. The summed E-state index contributed by atoms with van der Waals surface area (Å²) >= 11 is 4.57. The average Bonchev–Trinajstić information content (AvgIpc) is 3.01. The number of benzene rings is 1. The standard InChI is InChI=1S/C12H6BrN3O2S/c13-8-3-1-2-7(4-8)11-14-10(12(17)18-11)5-9-6-19-16-15-9/h1-6H/b10-5+. The van der Waals surface area contributed by atoms with Crippen molar-refractivity contribution in [3.05, 3.63) is 51.1 Å². The molecule has 1 aromatic carbocycles. The van der Waals surface area contributed by atoms with Gasteiger partial charge in [-0.1, -0.05) is 26.5 Å². The van der Waals surface area contributed by atoms with Crippen molar-refractivity contribution in [1.29, 1.82) is 0 Å². The SMILES string of the molecule is O=C1OC(c2cccc(Br)c2)=N/C1=C/c1csnn1. The van der Waals surface area contributed by atoms with Gasteiger partial charge in [-0.3, -0.25) is 0 Å². The van der Waals surface area contributed by atoms with E-state index < -0.39 is 5.97 Å². The predicted molar refractivity (Wildman–Crippen MR) is 74.7 cm³/mol. The van der Waals surface area contributed by atoms with Crippen LogP contribution in [0, 0.1) is 0 Å². The van der Waals surface area contributed by atoms with Crippen LogP contribution in [0.1, 0.15) is 11.3 Å². The van der Waals surface area contributed by atoms with Gasteiger partial charge in [-0.25, -0.2) is 9.79 Å². The molecule has 1 aliphatic heterocycles. The summed E-state index contributed by atoms with van der Waals surface area (Å²) in [6.45, 7) is 0. The van der Waals surface area contributed by atoms with Crippen molar-refractivity contribution in [1.82, 2.24) is 9.59 Å². The number of aliphatic imine (C=N–C) groups is 1. The molecule has 0 amide bonds. The first-order valence-corrected chi connectivity index (χ1v) is 6.91. The highest BCUT2D eigenvalue weighted by Gasteiger charge is 2.24. The molecule has 2 aromatic rings. The number of hydrogen-bond acceptors (Lipinski definition) is 6. The van der Waals surface area contributed by atoms with E-state index in [1.807, 2.05) is 24.3 Å². The van der Waals surface area contributed by atoms with Crippen LogP contribution in [0.25, 0.3) is 6.08 Å². The third-order valence-electron chi connectivity index (χ3n) is 2.35. The van der Waals surface area contributed by atoms with E-state index in [1.165, 1.54) is 11.5 Å². The molecular weight excluding hydrogens is 330 g/mol. The van der Waals surface area contributed by atoms with Crippen LogP contribution in [0.4, 0.5) is 0 Å². The third kappa shape index (κ3) is 2.61. The lowest BCUT2D eigenvalue weighted by Gasteiger charge is -1.99. The Bertz CT molecular complexity index is 695. The highest BCUT2D eigenvalue weighted by molar-refractivity contribution is 9.10. The van der Waals surface area contributed by atoms with Crippen molar-refractivity contribution in [2.75, 3.05) is 0 Å². The minimum atomic E-state index is -0.483. The molecule has 0 atom stereocenters. The molecule has 5 nitrogen and oxygen atoms in total. The summed E-state index contributed by atoms with van der Waals surface area (Å²) in [6, 6.07) is 7.39.